The molecule has 0 radical (unpaired) electrons. The van der Waals surface area contributed by atoms with E-state index in [4.69, 9.17) is 10.5 Å². The number of anilines is 1. The van der Waals surface area contributed by atoms with Crippen molar-refractivity contribution in [3.8, 4) is 12.1 Å². The van der Waals surface area contributed by atoms with Crippen molar-refractivity contribution in [2.45, 2.75) is 19.0 Å². The number of halogens is 3. The first-order valence-corrected chi connectivity index (χ1v) is 5.21. The molecule has 1 rings (SSSR count). The Balaban J connectivity index is 2.85. The summed E-state index contributed by atoms with van der Waals surface area (Å²) in [5, 5.41) is 19.7. The van der Waals surface area contributed by atoms with Crippen LogP contribution in [-0.4, -0.2) is 6.54 Å². The molecular weight excluding hydrogens is 243 g/mol. The van der Waals surface area contributed by atoms with E-state index in [-0.39, 0.29) is 0 Å². The number of rotatable bonds is 4. The lowest BCUT2D eigenvalue weighted by Gasteiger charge is -2.11. The predicted octanol–water partition coefficient (Wildman–Crippen LogP) is 3.29. The molecule has 1 N–H and O–H groups in total. The second kappa shape index (κ2) is 5.92. The Morgan fingerprint density at radius 3 is 2.50 bits per heavy atom. The van der Waals surface area contributed by atoms with Crippen LogP contribution in [0, 0.1) is 22.7 Å². The SMILES string of the molecule is N#CCCCNc1ccc(C#N)c(C(F)(F)F)c1. The fraction of sp³-hybridized carbons (Fsp3) is 0.333. The van der Waals surface area contributed by atoms with Gasteiger partial charge in [-0.15, -0.1) is 0 Å². The number of unbranched alkanes of at least 4 members (excludes halogenated alkanes) is 1. The fourth-order valence-electron chi connectivity index (χ4n) is 1.39. The summed E-state index contributed by atoms with van der Waals surface area (Å²) in [4.78, 5) is 0. The Bertz CT molecular complexity index is 495. The molecule has 0 aliphatic carbocycles. The summed E-state index contributed by atoms with van der Waals surface area (Å²) in [7, 11) is 0. The summed E-state index contributed by atoms with van der Waals surface area (Å²) in [6.07, 6.45) is -3.65. The number of nitriles is 2. The van der Waals surface area contributed by atoms with Gasteiger partial charge in [-0.25, -0.2) is 0 Å². The molecule has 0 spiro atoms. The van der Waals surface area contributed by atoms with Crippen molar-refractivity contribution < 1.29 is 13.2 Å². The lowest BCUT2D eigenvalue weighted by atomic mass is 10.1. The smallest absolute Gasteiger partial charge is 0.385 e. The van der Waals surface area contributed by atoms with Gasteiger partial charge in [-0.1, -0.05) is 0 Å². The van der Waals surface area contributed by atoms with Crippen molar-refractivity contribution in [2.24, 2.45) is 0 Å². The number of nitrogens with zero attached hydrogens (tertiary/aromatic N) is 2. The number of benzene rings is 1. The second-order valence-corrected chi connectivity index (χ2v) is 3.56. The van der Waals surface area contributed by atoms with Crippen molar-refractivity contribution in [2.75, 3.05) is 11.9 Å². The first kappa shape index (κ1) is 13.9. The van der Waals surface area contributed by atoms with Gasteiger partial charge in [0.25, 0.3) is 0 Å². The Morgan fingerprint density at radius 1 is 1.22 bits per heavy atom. The fourth-order valence-corrected chi connectivity index (χ4v) is 1.39. The average molecular weight is 253 g/mol. The maximum absolute atomic E-state index is 12.6. The monoisotopic (exact) mass is 253 g/mol. The largest absolute Gasteiger partial charge is 0.417 e. The van der Waals surface area contributed by atoms with E-state index in [9.17, 15) is 13.2 Å². The van der Waals surface area contributed by atoms with Crippen LogP contribution >= 0.6 is 0 Å². The average Bonchev–Trinajstić information content (AvgIpc) is 2.33. The van der Waals surface area contributed by atoms with Crippen LogP contribution in [0.15, 0.2) is 18.2 Å². The minimum absolute atomic E-state index is 0.291. The van der Waals surface area contributed by atoms with E-state index < -0.39 is 17.3 Å². The summed E-state index contributed by atoms with van der Waals surface area (Å²) in [6, 6.07) is 6.92. The van der Waals surface area contributed by atoms with E-state index >= 15 is 0 Å². The van der Waals surface area contributed by atoms with Crippen molar-refractivity contribution >= 4 is 5.69 Å². The maximum Gasteiger partial charge on any atom is 0.417 e. The van der Waals surface area contributed by atoms with E-state index in [1.54, 1.807) is 0 Å². The van der Waals surface area contributed by atoms with Gasteiger partial charge in [-0.3, -0.25) is 0 Å². The van der Waals surface area contributed by atoms with Crippen LogP contribution in [0.4, 0.5) is 18.9 Å². The number of alkyl halides is 3. The summed E-state index contributed by atoms with van der Waals surface area (Å²) in [5.74, 6) is 0. The van der Waals surface area contributed by atoms with Gasteiger partial charge in [0, 0.05) is 18.7 Å². The zero-order valence-electron chi connectivity index (χ0n) is 9.38. The minimum Gasteiger partial charge on any atom is -0.385 e. The molecule has 0 aliphatic rings. The van der Waals surface area contributed by atoms with Crippen LogP contribution in [-0.2, 0) is 6.18 Å². The highest BCUT2D eigenvalue weighted by Crippen LogP contribution is 2.33. The number of nitrogens with one attached hydrogen (secondary N) is 1. The van der Waals surface area contributed by atoms with Gasteiger partial charge in [-0.2, -0.15) is 23.7 Å². The molecule has 0 saturated carbocycles. The standard InChI is InChI=1S/C12H10F3N3/c13-12(14,15)11-7-10(4-3-9(11)8-17)18-6-2-1-5-16/h3-4,7,18H,1-2,6H2. The molecular formula is C12H10F3N3. The van der Waals surface area contributed by atoms with Crippen LogP contribution in [0.1, 0.15) is 24.0 Å². The van der Waals surface area contributed by atoms with Crippen LogP contribution in [0.2, 0.25) is 0 Å². The van der Waals surface area contributed by atoms with Crippen LogP contribution < -0.4 is 5.32 Å². The third-order valence-corrected chi connectivity index (χ3v) is 2.24. The Kier molecular flexibility index (Phi) is 4.56. The van der Waals surface area contributed by atoms with Gasteiger partial charge in [-0.05, 0) is 24.6 Å². The molecule has 6 heteroatoms. The minimum atomic E-state index is -4.55. The van der Waals surface area contributed by atoms with E-state index in [0.717, 1.165) is 12.1 Å². The quantitative estimate of drug-likeness (QED) is 0.837. The lowest BCUT2D eigenvalue weighted by molar-refractivity contribution is -0.137. The lowest BCUT2D eigenvalue weighted by Crippen LogP contribution is -2.09. The van der Waals surface area contributed by atoms with E-state index in [2.05, 4.69) is 5.32 Å². The summed E-state index contributed by atoms with van der Waals surface area (Å²) >= 11 is 0. The zero-order valence-corrected chi connectivity index (χ0v) is 9.38. The Labute approximate surface area is 102 Å². The van der Waals surface area contributed by atoms with Crippen LogP contribution in [0.25, 0.3) is 0 Å². The third-order valence-electron chi connectivity index (χ3n) is 2.24. The highest BCUT2D eigenvalue weighted by molar-refractivity contribution is 5.53. The summed E-state index contributed by atoms with van der Waals surface area (Å²) in [6.45, 7) is 0.413. The van der Waals surface area contributed by atoms with Gasteiger partial charge in [0.05, 0.1) is 23.3 Å². The van der Waals surface area contributed by atoms with E-state index in [1.165, 1.54) is 12.1 Å². The first-order valence-electron chi connectivity index (χ1n) is 5.21. The zero-order chi connectivity index (χ0) is 13.6. The Hall–Kier alpha value is -2.21. The van der Waals surface area contributed by atoms with Gasteiger partial charge in [0.1, 0.15) is 0 Å². The van der Waals surface area contributed by atoms with Crippen molar-refractivity contribution in [3.05, 3.63) is 29.3 Å². The highest BCUT2D eigenvalue weighted by Gasteiger charge is 2.33. The van der Waals surface area contributed by atoms with E-state index in [0.29, 0.717) is 25.1 Å². The molecule has 0 aromatic heterocycles. The predicted molar refractivity (Wildman–Crippen MR) is 59.5 cm³/mol. The Morgan fingerprint density at radius 2 is 1.94 bits per heavy atom. The highest BCUT2D eigenvalue weighted by atomic mass is 19.4. The van der Waals surface area contributed by atoms with Crippen LogP contribution in [0.3, 0.4) is 0 Å². The number of hydrogen-bond donors (Lipinski definition) is 1. The second-order valence-electron chi connectivity index (χ2n) is 3.56. The third kappa shape index (κ3) is 3.67. The van der Waals surface area contributed by atoms with Gasteiger partial charge in [0.15, 0.2) is 0 Å². The first-order chi connectivity index (χ1) is 8.49. The summed E-state index contributed by atoms with van der Waals surface area (Å²) < 4.78 is 37.9. The molecule has 0 fully saturated rings. The molecule has 0 atom stereocenters. The molecule has 3 nitrogen and oxygen atoms in total. The van der Waals surface area contributed by atoms with Gasteiger partial charge >= 0.3 is 6.18 Å². The molecule has 18 heavy (non-hydrogen) atoms. The van der Waals surface area contributed by atoms with Crippen LogP contribution in [0.5, 0.6) is 0 Å². The molecule has 0 amide bonds. The van der Waals surface area contributed by atoms with Crippen molar-refractivity contribution in [3.63, 3.8) is 0 Å². The topological polar surface area (TPSA) is 59.6 Å². The molecule has 1 aromatic carbocycles. The molecule has 0 unspecified atom stereocenters. The molecule has 1 aromatic rings. The molecule has 0 bridgehead atoms. The van der Waals surface area contributed by atoms with Crippen molar-refractivity contribution in [1.29, 1.82) is 10.5 Å². The van der Waals surface area contributed by atoms with Gasteiger partial charge in [0.2, 0.25) is 0 Å². The number of hydrogen-bond acceptors (Lipinski definition) is 3. The molecule has 0 aliphatic heterocycles. The maximum atomic E-state index is 12.6. The molecule has 0 heterocycles. The van der Waals surface area contributed by atoms with Gasteiger partial charge < -0.3 is 5.32 Å². The normalized spacial score (nSPS) is 10.5. The summed E-state index contributed by atoms with van der Waals surface area (Å²) in [5.41, 5.74) is -1.06. The van der Waals surface area contributed by atoms with E-state index in [1.807, 2.05) is 6.07 Å². The molecule has 0 saturated heterocycles. The molecule has 94 valence electrons. The van der Waals surface area contributed by atoms with Crippen molar-refractivity contribution in [1.82, 2.24) is 0 Å².